The van der Waals surface area contributed by atoms with Crippen molar-refractivity contribution >= 4 is 24.0 Å². The number of amides is 1. The van der Waals surface area contributed by atoms with Crippen molar-refractivity contribution in [1.29, 1.82) is 0 Å². The lowest BCUT2D eigenvalue weighted by Gasteiger charge is -2.21. The third kappa shape index (κ3) is 2.36. The Morgan fingerprint density at radius 1 is 1.44 bits per heavy atom. The molecule has 1 aliphatic carbocycles. The molecule has 0 bridgehead atoms. The minimum atomic E-state index is -0.585. The van der Waals surface area contributed by atoms with Gasteiger partial charge in [-0.2, -0.15) is 0 Å². The molecular weight excluding hydrogens is 224 g/mol. The van der Waals surface area contributed by atoms with E-state index in [1.54, 1.807) is 11.9 Å². The van der Waals surface area contributed by atoms with E-state index >= 15 is 0 Å². The van der Waals surface area contributed by atoms with Gasteiger partial charge in [0.2, 0.25) is 5.91 Å². The van der Waals surface area contributed by atoms with E-state index < -0.39 is 5.54 Å². The number of hydrogen-bond acceptors (Lipinski definition) is 2. The molecule has 16 heavy (non-hydrogen) atoms. The van der Waals surface area contributed by atoms with Gasteiger partial charge in [0, 0.05) is 12.7 Å². The van der Waals surface area contributed by atoms with Gasteiger partial charge in [0.25, 0.3) is 0 Å². The summed E-state index contributed by atoms with van der Waals surface area (Å²) < 4.78 is 0. The van der Waals surface area contributed by atoms with Crippen molar-refractivity contribution in [2.75, 3.05) is 11.9 Å². The molecule has 0 unspecified atom stereocenters. The Bertz CT molecular complexity index is 402. The van der Waals surface area contributed by atoms with Crippen LogP contribution in [-0.4, -0.2) is 18.5 Å². The highest BCUT2D eigenvalue weighted by Gasteiger charge is 2.47. The number of halogens is 1. The largest absolute Gasteiger partial charge is 0.317 e. The van der Waals surface area contributed by atoms with Crippen LogP contribution >= 0.6 is 12.4 Å². The first-order valence-electron chi connectivity index (χ1n) is 5.17. The summed E-state index contributed by atoms with van der Waals surface area (Å²) in [6.07, 6.45) is 1.62. The quantitative estimate of drug-likeness (QED) is 0.858. The number of carbonyl (C=O) groups excluding carboxylic acids is 1. The summed E-state index contributed by atoms with van der Waals surface area (Å²) in [5.41, 5.74) is 7.35. The highest BCUT2D eigenvalue weighted by Crippen LogP contribution is 2.35. The van der Waals surface area contributed by atoms with Gasteiger partial charge in [0.05, 0.1) is 5.54 Å². The van der Waals surface area contributed by atoms with Crippen LogP contribution in [0.3, 0.4) is 0 Å². The van der Waals surface area contributed by atoms with Gasteiger partial charge in [-0.05, 0) is 37.5 Å². The number of nitrogens with two attached hydrogens (primary N) is 1. The maximum absolute atomic E-state index is 11.9. The zero-order valence-corrected chi connectivity index (χ0v) is 10.4. The van der Waals surface area contributed by atoms with Crippen LogP contribution in [0, 0.1) is 6.92 Å². The van der Waals surface area contributed by atoms with E-state index in [0.29, 0.717) is 0 Å². The van der Waals surface area contributed by atoms with Crippen LogP contribution < -0.4 is 10.6 Å². The fourth-order valence-electron chi connectivity index (χ4n) is 1.64. The topological polar surface area (TPSA) is 46.3 Å². The number of anilines is 1. The second-order valence-electron chi connectivity index (χ2n) is 4.36. The lowest BCUT2D eigenvalue weighted by atomic mass is 10.2. The molecule has 1 saturated carbocycles. The first kappa shape index (κ1) is 13.0. The van der Waals surface area contributed by atoms with Crippen molar-refractivity contribution in [2.24, 2.45) is 5.73 Å². The molecule has 88 valence electrons. The van der Waals surface area contributed by atoms with Gasteiger partial charge >= 0.3 is 0 Å². The molecule has 0 radical (unpaired) electrons. The van der Waals surface area contributed by atoms with E-state index in [9.17, 15) is 4.79 Å². The van der Waals surface area contributed by atoms with Crippen LogP contribution in [0.25, 0.3) is 0 Å². The van der Waals surface area contributed by atoms with Crippen LogP contribution in [0.4, 0.5) is 5.69 Å². The molecule has 1 fully saturated rings. The van der Waals surface area contributed by atoms with E-state index in [0.717, 1.165) is 24.1 Å². The number of aryl methyl sites for hydroxylation is 1. The van der Waals surface area contributed by atoms with Crippen molar-refractivity contribution in [3.8, 4) is 0 Å². The second kappa shape index (κ2) is 4.44. The van der Waals surface area contributed by atoms with Gasteiger partial charge < -0.3 is 10.6 Å². The summed E-state index contributed by atoms with van der Waals surface area (Å²) in [6.45, 7) is 2.01. The van der Waals surface area contributed by atoms with E-state index in [1.807, 2.05) is 31.2 Å². The zero-order chi connectivity index (χ0) is 11.1. The van der Waals surface area contributed by atoms with Crippen LogP contribution in [-0.2, 0) is 4.79 Å². The van der Waals surface area contributed by atoms with Gasteiger partial charge in [-0.1, -0.05) is 12.1 Å². The third-order valence-electron chi connectivity index (χ3n) is 2.91. The summed E-state index contributed by atoms with van der Waals surface area (Å²) in [4.78, 5) is 13.6. The molecule has 2 N–H and O–H groups in total. The zero-order valence-electron chi connectivity index (χ0n) is 9.56. The Labute approximate surface area is 102 Å². The predicted molar refractivity (Wildman–Crippen MR) is 68.0 cm³/mol. The average molecular weight is 241 g/mol. The monoisotopic (exact) mass is 240 g/mol. The van der Waals surface area contributed by atoms with Gasteiger partial charge in [-0.15, -0.1) is 12.4 Å². The molecule has 0 spiro atoms. The minimum absolute atomic E-state index is 0. The standard InChI is InChI=1S/C12H16N2O.ClH/c1-9-4-3-5-10(8-9)14(2)11(15)12(13)6-7-12;/h3-5,8H,6-7,13H2,1-2H3;1H. The van der Waals surface area contributed by atoms with Gasteiger partial charge in [-0.3, -0.25) is 4.79 Å². The number of rotatable bonds is 2. The molecule has 0 atom stereocenters. The van der Waals surface area contributed by atoms with Crippen LogP contribution in [0.5, 0.6) is 0 Å². The highest BCUT2D eigenvalue weighted by molar-refractivity contribution is 6.01. The lowest BCUT2D eigenvalue weighted by Crippen LogP contribution is -2.43. The molecule has 2 rings (SSSR count). The minimum Gasteiger partial charge on any atom is -0.317 e. The molecule has 0 saturated heterocycles. The Morgan fingerprint density at radius 3 is 2.56 bits per heavy atom. The molecule has 3 nitrogen and oxygen atoms in total. The predicted octanol–water partition coefficient (Wildman–Crippen LogP) is 1.87. The Balaban J connectivity index is 0.00000128. The number of nitrogens with zero attached hydrogens (tertiary/aromatic N) is 1. The number of likely N-dealkylation sites (N-methyl/N-ethyl adjacent to an activating group) is 1. The molecule has 1 aromatic rings. The Hall–Kier alpha value is -1.06. The van der Waals surface area contributed by atoms with Crippen LogP contribution in [0.2, 0.25) is 0 Å². The van der Waals surface area contributed by atoms with Crippen molar-refractivity contribution in [3.63, 3.8) is 0 Å². The SMILES string of the molecule is Cc1cccc(N(C)C(=O)C2(N)CC2)c1.Cl. The van der Waals surface area contributed by atoms with Crippen LogP contribution in [0.1, 0.15) is 18.4 Å². The summed E-state index contributed by atoms with van der Waals surface area (Å²) >= 11 is 0. The summed E-state index contributed by atoms with van der Waals surface area (Å²) in [5, 5.41) is 0. The number of hydrogen-bond donors (Lipinski definition) is 1. The smallest absolute Gasteiger partial charge is 0.246 e. The van der Waals surface area contributed by atoms with E-state index in [1.165, 1.54) is 0 Å². The number of benzene rings is 1. The van der Waals surface area contributed by atoms with E-state index in [-0.39, 0.29) is 18.3 Å². The van der Waals surface area contributed by atoms with Gasteiger partial charge in [0.15, 0.2) is 0 Å². The molecule has 1 aliphatic rings. The Morgan fingerprint density at radius 2 is 2.06 bits per heavy atom. The maximum atomic E-state index is 11.9. The third-order valence-corrected chi connectivity index (χ3v) is 2.91. The Kier molecular flexibility index (Phi) is 3.61. The molecule has 0 aromatic heterocycles. The fourth-order valence-corrected chi connectivity index (χ4v) is 1.64. The first-order valence-corrected chi connectivity index (χ1v) is 5.17. The second-order valence-corrected chi connectivity index (χ2v) is 4.36. The number of carbonyl (C=O) groups is 1. The average Bonchev–Trinajstić information content (AvgIpc) is 2.96. The molecule has 1 aromatic carbocycles. The maximum Gasteiger partial charge on any atom is 0.246 e. The summed E-state index contributed by atoms with van der Waals surface area (Å²) in [7, 11) is 1.78. The van der Waals surface area contributed by atoms with Crippen molar-refractivity contribution in [3.05, 3.63) is 29.8 Å². The normalized spacial score (nSPS) is 16.2. The molecule has 0 heterocycles. The molecule has 0 aliphatic heterocycles. The van der Waals surface area contributed by atoms with E-state index in [2.05, 4.69) is 0 Å². The summed E-state index contributed by atoms with van der Waals surface area (Å²) in [5.74, 6) is 0.0214. The van der Waals surface area contributed by atoms with Gasteiger partial charge in [0.1, 0.15) is 0 Å². The van der Waals surface area contributed by atoms with E-state index in [4.69, 9.17) is 5.73 Å². The lowest BCUT2D eigenvalue weighted by molar-refractivity contribution is -0.120. The molecule has 4 heteroatoms. The first-order chi connectivity index (χ1) is 7.03. The highest BCUT2D eigenvalue weighted by atomic mass is 35.5. The van der Waals surface area contributed by atoms with Crippen molar-refractivity contribution in [2.45, 2.75) is 25.3 Å². The van der Waals surface area contributed by atoms with Crippen molar-refractivity contribution < 1.29 is 4.79 Å². The summed E-state index contributed by atoms with van der Waals surface area (Å²) in [6, 6.07) is 7.88. The molecule has 1 amide bonds. The molecular formula is C12H17ClN2O. The van der Waals surface area contributed by atoms with Crippen LogP contribution in [0.15, 0.2) is 24.3 Å². The van der Waals surface area contributed by atoms with Crippen molar-refractivity contribution in [1.82, 2.24) is 0 Å². The fraction of sp³-hybridized carbons (Fsp3) is 0.417. The van der Waals surface area contributed by atoms with Gasteiger partial charge in [-0.25, -0.2) is 0 Å².